The van der Waals surface area contributed by atoms with Crippen LogP contribution in [0.3, 0.4) is 0 Å². The number of fused-ring (bicyclic) bond motifs is 1. The summed E-state index contributed by atoms with van der Waals surface area (Å²) in [6.07, 6.45) is 1.93. The van der Waals surface area contributed by atoms with Gasteiger partial charge in [0.15, 0.2) is 0 Å². The second-order valence-electron chi connectivity index (χ2n) is 3.20. The molecule has 0 unspecified atom stereocenters. The van der Waals surface area contributed by atoms with Crippen molar-refractivity contribution in [2.45, 2.75) is 6.42 Å². The number of aliphatic carboxylic acids is 1. The van der Waals surface area contributed by atoms with Gasteiger partial charge in [-0.25, -0.2) is 0 Å². The molecule has 1 aliphatic rings. The Morgan fingerprint density at radius 1 is 1.43 bits per heavy atom. The highest BCUT2D eigenvalue weighted by atomic mass is 16.5. The summed E-state index contributed by atoms with van der Waals surface area (Å²) >= 11 is 0. The van der Waals surface area contributed by atoms with E-state index in [9.17, 15) is 4.79 Å². The molecule has 3 nitrogen and oxygen atoms in total. The molecule has 1 aliphatic heterocycles. The third-order valence-corrected chi connectivity index (χ3v) is 2.07. The monoisotopic (exact) mass is 190 g/mol. The molecule has 1 heterocycles. The van der Waals surface area contributed by atoms with Crippen molar-refractivity contribution in [1.29, 1.82) is 0 Å². The number of carboxylic acids is 1. The zero-order chi connectivity index (χ0) is 9.97. The minimum absolute atomic E-state index is 0.0499. The second kappa shape index (κ2) is 3.54. The third kappa shape index (κ3) is 1.76. The lowest BCUT2D eigenvalue weighted by atomic mass is 10.1. The minimum Gasteiger partial charge on any atom is -0.489 e. The van der Waals surface area contributed by atoms with Crippen molar-refractivity contribution in [3.05, 3.63) is 35.4 Å². The zero-order valence-electron chi connectivity index (χ0n) is 7.56. The van der Waals surface area contributed by atoms with E-state index in [1.165, 1.54) is 0 Å². The van der Waals surface area contributed by atoms with Gasteiger partial charge >= 0.3 is 5.97 Å². The normalized spacial score (nSPS) is 13.9. The molecule has 2 rings (SSSR count). The molecule has 3 heteroatoms. The second-order valence-corrected chi connectivity index (χ2v) is 3.20. The van der Waals surface area contributed by atoms with Gasteiger partial charge < -0.3 is 9.84 Å². The predicted molar refractivity (Wildman–Crippen MR) is 52.2 cm³/mol. The molecule has 0 amide bonds. The summed E-state index contributed by atoms with van der Waals surface area (Å²) in [5, 5.41) is 8.62. The molecule has 1 aromatic rings. The average Bonchev–Trinajstić information content (AvgIpc) is 2.17. The van der Waals surface area contributed by atoms with Gasteiger partial charge in [0.2, 0.25) is 0 Å². The van der Waals surface area contributed by atoms with Gasteiger partial charge in [0.1, 0.15) is 12.4 Å². The molecular formula is C11H10O3. The Morgan fingerprint density at radius 3 is 3.00 bits per heavy atom. The van der Waals surface area contributed by atoms with Crippen molar-refractivity contribution in [1.82, 2.24) is 0 Å². The van der Waals surface area contributed by atoms with Gasteiger partial charge in [-0.2, -0.15) is 0 Å². The van der Waals surface area contributed by atoms with Crippen LogP contribution in [0.2, 0.25) is 0 Å². The van der Waals surface area contributed by atoms with Crippen LogP contribution < -0.4 is 4.74 Å². The first-order chi connectivity index (χ1) is 6.75. The largest absolute Gasteiger partial charge is 0.489 e. The Bertz CT molecular complexity index is 393. The Morgan fingerprint density at radius 2 is 2.21 bits per heavy atom. The van der Waals surface area contributed by atoms with Gasteiger partial charge in [-0.3, -0.25) is 4.79 Å². The molecule has 1 aromatic carbocycles. The van der Waals surface area contributed by atoms with Crippen LogP contribution in [-0.2, 0) is 4.79 Å². The van der Waals surface area contributed by atoms with E-state index in [1.807, 2.05) is 30.3 Å². The first kappa shape index (κ1) is 8.81. The van der Waals surface area contributed by atoms with Crippen LogP contribution in [0.4, 0.5) is 0 Å². The fraction of sp³-hybridized carbons (Fsp3) is 0.182. The van der Waals surface area contributed by atoms with Crippen LogP contribution in [0, 0.1) is 0 Å². The van der Waals surface area contributed by atoms with Gasteiger partial charge in [0, 0.05) is 5.56 Å². The zero-order valence-corrected chi connectivity index (χ0v) is 7.56. The maximum atomic E-state index is 10.5. The lowest BCUT2D eigenvalue weighted by Crippen LogP contribution is -2.10. The molecule has 0 fully saturated rings. The van der Waals surface area contributed by atoms with E-state index < -0.39 is 5.97 Å². The van der Waals surface area contributed by atoms with Crippen molar-refractivity contribution in [2.24, 2.45) is 0 Å². The molecule has 0 spiro atoms. The van der Waals surface area contributed by atoms with Crippen molar-refractivity contribution in [2.75, 3.05) is 6.61 Å². The van der Waals surface area contributed by atoms with E-state index in [2.05, 4.69) is 0 Å². The van der Waals surface area contributed by atoms with Crippen LogP contribution in [0.15, 0.2) is 29.8 Å². The van der Waals surface area contributed by atoms with Gasteiger partial charge in [0.25, 0.3) is 0 Å². The van der Waals surface area contributed by atoms with Crippen molar-refractivity contribution in [3.63, 3.8) is 0 Å². The molecule has 14 heavy (non-hydrogen) atoms. The molecule has 72 valence electrons. The molecule has 0 atom stereocenters. The Balaban J connectivity index is 2.26. The van der Waals surface area contributed by atoms with Crippen LogP contribution >= 0.6 is 0 Å². The Kier molecular flexibility index (Phi) is 2.23. The van der Waals surface area contributed by atoms with E-state index in [-0.39, 0.29) is 6.42 Å². The lowest BCUT2D eigenvalue weighted by Gasteiger charge is -2.16. The Labute approximate surface area is 81.6 Å². The number of carboxylic acid groups (broad SMARTS) is 1. The molecule has 0 aromatic heterocycles. The molecular weight excluding hydrogens is 180 g/mol. The minimum atomic E-state index is -0.820. The van der Waals surface area contributed by atoms with Crippen molar-refractivity contribution >= 4 is 12.0 Å². The molecule has 0 saturated carbocycles. The SMILES string of the molecule is O=C(O)CC1=Cc2ccccc2OC1. The van der Waals surface area contributed by atoms with Crippen LogP contribution in [0.1, 0.15) is 12.0 Å². The predicted octanol–water partition coefficient (Wildman–Crippen LogP) is 1.94. The first-order valence-electron chi connectivity index (χ1n) is 4.39. The topological polar surface area (TPSA) is 46.5 Å². The molecule has 0 radical (unpaired) electrons. The molecule has 1 N–H and O–H groups in total. The summed E-state index contributed by atoms with van der Waals surface area (Å²) in [6.45, 7) is 0.378. The fourth-order valence-electron chi connectivity index (χ4n) is 1.46. The smallest absolute Gasteiger partial charge is 0.307 e. The number of ether oxygens (including phenoxy) is 1. The van der Waals surface area contributed by atoms with Crippen LogP contribution in [0.25, 0.3) is 6.08 Å². The van der Waals surface area contributed by atoms with E-state index in [0.717, 1.165) is 16.9 Å². The summed E-state index contributed by atoms with van der Waals surface area (Å²) < 4.78 is 5.41. The van der Waals surface area contributed by atoms with E-state index in [4.69, 9.17) is 9.84 Å². The summed E-state index contributed by atoms with van der Waals surface area (Å²) in [5.74, 6) is 0.000805. The number of benzene rings is 1. The molecule has 0 saturated heterocycles. The quantitative estimate of drug-likeness (QED) is 0.775. The average molecular weight is 190 g/mol. The molecule has 0 bridgehead atoms. The summed E-state index contributed by atoms with van der Waals surface area (Å²) in [7, 11) is 0. The Hall–Kier alpha value is -1.77. The van der Waals surface area contributed by atoms with Crippen molar-refractivity contribution in [3.8, 4) is 5.75 Å². The number of rotatable bonds is 2. The maximum absolute atomic E-state index is 10.5. The number of carbonyl (C=O) groups is 1. The van der Waals surface area contributed by atoms with Gasteiger partial charge in [-0.05, 0) is 17.7 Å². The lowest BCUT2D eigenvalue weighted by molar-refractivity contribution is -0.136. The number of hydrogen-bond donors (Lipinski definition) is 1. The van der Waals surface area contributed by atoms with E-state index >= 15 is 0 Å². The third-order valence-electron chi connectivity index (χ3n) is 2.07. The van der Waals surface area contributed by atoms with E-state index in [0.29, 0.717) is 6.61 Å². The molecule has 0 aliphatic carbocycles. The highest BCUT2D eigenvalue weighted by molar-refractivity contribution is 5.74. The van der Waals surface area contributed by atoms with Crippen molar-refractivity contribution < 1.29 is 14.6 Å². The van der Waals surface area contributed by atoms with Gasteiger partial charge in [-0.1, -0.05) is 18.2 Å². The first-order valence-corrected chi connectivity index (χ1v) is 4.39. The van der Waals surface area contributed by atoms with E-state index in [1.54, 1.807) is 0 Å². The highest BCUT2D eigenvalue weighted by Gasteiger charge is 2.12. The summed E-state index contributed by atoms with van der Waals surface area (Å²) in [6, 6.07) is 7.59. The number of hydrogen-bond acceptors (Lipinski definition) is 2. The standard InChI is InChI=1S/C11H10O3/c12-11(13)6-8-5-9-3-1-2-4-10(9)14-7-8/h1-5H,6-7H2,(H,12,13). The van der Waals surface area contributed by atoms with Crippen LogP contribution in [0.5, 0.6) is 5.75 Å². The maximum Gasteiger partial charge on any atom is 0.307 e. The van der Waals surface area contributed by atoms with Gasteiger partial charge in [0.05, 0.1) is 6.42 Å². The summed E-state index contributed by atoms with van der Waals surface area (Å²) in [4.78, 5) is 10.5. The highest BCUT2D eigenvalue weighted by Crippen LogP contribution is 2.26. The summed E-state index contributed by atoms with van der Waals surface area (Å²) in [5.41, 5.74) is 1.76. The van der Waals surface area contributed by atoms with Gasteiger partial charge in [-0.15, -0.1) is 0 Å². The fourth-order valence-corrected chi connectivity index (χ4v) is 1.46. The van der Waals surface area contributed by atoms with Crippen LogP contribution in [-0.4, -0.2) is 17.7 Å². The number of para-hydroxylation sites is 1.